The molecule has 0 aliphatic rings. The highest BCUT2D eigenvalue weighted by Crippen LogP contribution is 2.33. The van der Waals surface area contributed by atoms with E-state index < -0.39 is 0 Å². The van der Waals surface area contributed by atoms with Crippen LogP contribution in [-0.2, 0) is 6.54 Å². The predicted molar refractivity (Wildman–Crippen MR) is 119 cm³/mol. The summed E-state index contributed by atoms with van der Waals surface area (Å²) in [5, 5.41) is 5.41. The Kier molecular flexibility index (Phi) is 7.45. The number of carbonyl (C=O) groups excluding carboxylic acids is 1. The summed E-state index contributed by atoms with van der Waals surface area (Å²) >= 11 is 0. The first-order valence-corrected chi connectivity index (χ1v) is 10.3. The Morgan fingerprint density at radius 3 is 2.17 bits per heavy atom. The number of hydrogen-bond acceptors (Lipinski definition) is 2. The zero-order chi connectivity index (χ0) is 20.5. The Hall–Kier alpha value is -3.08. The molecule has 0 saturated heterocycles. The molecule has 0 aliphatic heterocycles. The normalized spacial score (nSPS) is 10.7. The van der Waals surface area contributed by atoms with Gasteiger partial charge in [0, 0.05) is 31.3 Å². The highest BCUT2D eigenvalue weighted by atomic mass is 16.2. The van der Waals surface area contributed by atoms with Crippen LogP contribution in [0, 0.1) is 6.92 Å². The minimum absolute atomic E-state index is 0.111. The number of aromatic nitrogens is 2. The van der Waals surface area contributed by atoms with Crippen molar-refractivity contribution in [1.29, 1.82) is 0 Å². The molecule has 0 spiro atoms. The van der Waals surface area contributed by atoms with E-state index in [1.807, 2.05) is 12.1 Å². The molecule has 1 aromatic heterocycles. The van der Waals surface area contributed by atoms with Gasteiger partial charge in [0.25, 0.3) is 0 Å². The topological polar surface area (TPSA) is 59.0 Å². The van der Waals surface area contributed by atoms with Gasteiger partial charge >= 0.3 is 6.03 Å². The van der Waals surface area contributed by atoms with Crippen LogP contribution in [0.4, 0.5) is 4.79 Å². The fraction of sp³-hybridized carbons (Fsp3) is 0.333. The monoisotopic (exact) mass is 390 g/mol. The minimum atomic E-state index is -0.111. The Morgan fingerprint density at radius 2 is 1.52 bits per heavy atom. The SMILES string of the molecule is CNC(=O)NCCCCCCn1c(C)nc(-c2ccccc2)c1-c1ccccc1. The molecule has 1 heterocycles. The molecule has 2 amide bonds. The molecule has 3 aromatic rings. The van der Waals surface area contributed by atoms with Crippen molar-refractivity contribution in [3.05, 3.63) is 66.5 Å². The van der Waals surface area contributed by atoms with E-state index in [0.717, 1.165) is 55.9 Å². The van der Waals surface area contributed by atoms with Gasteiger partial charge in [-0.2, -0.15) is 0 Å². The first-order valence-electron chi connectivity index (χ1n) is 10.3. The number of carbonyl (C=O) groups is 1. The average molecular weight is 391 g/mol. The largest absolute Gasteiger partial charge is 0.341 e. The molecule has 0 unspecified atom stereocenters. The molecule has 0 atom stereocenters. The van der Waals surface area contributed by atoms with Crippen LogP contribution in [0.3, 0.4) is 0 Å². The number of benzene rings is 2. The maximum atomic E-state index is 11.2. The Bertz CT molecular complexity index is 903. The van der Waals surface area contributed by atoms with Crippen LogP contribution in [0.2, 0.25) is 0 Å². The maximum absolute atomic E-state index is 11.2. The molecule has 152 valence electrons. The summed E-state index contributed by atoms with van der Waals surface area (Å²) in [6.45, 7) is 3.75. The summed E-state index contributed by atoms with van der Waals surface area (Å²) in [5.41, 5.74) is 4.58. The van der Waals surface area contributed by atoms with E-state index in [-0.39, 0.29) is 6.03 Å². The van der Waals surface area contributed by atoms with E-state index in [2.05, 4.69) is 70.7 Å². The summed E-state index contributed by atoms with van der Waals surface area (Å²) in [6.07, 6.45) is 4.31. The maximum Gasteiger partial charge on any atom is 0.314 e. The van der Waals surface area contributed by atoms with Crippen LogP contribution in [0.15, 0.2) is 60.7 Å². The number of unbranched alkanes of at least 4 members (excludes halogenated alkanes) is 3. The third-order valence-electron chi connectivity index (χ3n) is 5.07. The predicted octanol–water partition coefficient (Wildman–Crippen LogP) is 5.01. The first kappa shape index (κ1) is 20.6. The molecule has 3 rings (SSSR count). The lowest BCUT2D eigenvalue weighted by Gasteiger charge is -2.12. The first-order chi connectivity index (χ1) is 14.2. The Labute approximate surface area is 173 Å². The highest BCUT2D eigenvalue weighted by Gasteiger charge is 2.17. The van der Waals surface area contributed by atoms with E-state index in [1.54, 1.807) is 7.05 Å². The minimum Gasteiger partial charge on any atom is -0.341 e. The fourth-order valence-corrected chi connectivity index (χ4v) is 3.56. The van der Waals surface area contributed by atoms with Gasteiger partial charge in [-0.25, -0.2) is 9.78 Å². The zero-order valence-electron chi connectivity index (χ0n) is 17.3. The highest BCUT2D eigenvalue weighted by molar-refractivity contribution is 5.79. The molecule has 0 fully saturated rings. The smallest absolute Gasteiger partial charge is 0.314 e. The molecular formula is C24H30N4O. The number of imidazole rings is 1. The van der Waals surface area contributed by atoms with Gasteiger partial charge in [0.05, 0.1) is 11.4 Å². The van der Waals surface area contributed by atoms with Gasteiger partial charge < -0.3 is 15.2 Å². The van der Waals surface area contributed by atoms with Crippen molar-refractivity contribution in [2.24, 2.45) is 0 Å². The van der Waals surface area contributed by atoms with Crippen LogP contribution in [0.25, 0.3) is 22.5 Å². The van der Waals surface area contributed by atoms with Gasteiger partial charge in [-0.1, -0.05) is 73.5 Å². The lowest BCUT2D eigenvalue weighted by Crippen LogP contribution is -2.33. The second-order valence-electron chi connectivity index (χ2n) is 7.16. The molecule has 2 N–H and O–H groups in total. The average Bonchev–Trinajstić information content (AvgIpc) is 3.10. The van der Waals surface area contributed by atoms with E-state index in [9.17, 15) is 4.79 Å². The third-order valence-corrected chi connectivity index (χ3v) is 5.07. The second kappa shape index (κ2) is 10.5. The van der Waals surface area contributed by atoms with Crippen molar-refractivity contribution in [1.82, 2.24) is 20.2 Å². The fourth-order valence-electron chi connectivity index (χ4n) is 3.56. The van der Waals surface area contributed by atoms with Crippen molar-refractivity contribution in [3.8, 4) is 22.5 Å². The van der Waals surface area contributed by atoms with E-state index >= 15 is 0 Å². The van der Waals surface area contributed by atoms with Crippen LogP contribution >= 0.6 is 0 Å². The molecule has 5 nitrogen and oxygen atoms in total. The Balaban J connectivity index is 1.70. The summed E-state index contributed by atoms with van der Waals surface area (Å²) in [7, 11) is 1.64. The van der Waals surface area contributed by atoms with Gasteiger partial charge in [-0.15, -0.1) is 0 Å². The molecule has 0 radical (unpaired) electrons. The summed E-state index contributed by atoms with van der Waals surface area (Å²) in [6, 6.07) is 20.8. The number of rotatable bonds is 9. The zero-order valence-corrected chi connectivity index (χ0v) is 17.3. The third kappa shape index (κ3) is 5.47. The summed E-state index contributed by atoms with van der Waals surface area (Å²) < 4.78 is 2.35. The summed E-state index contributed by atoms with van der Waals surface area (Å²) in [4.78, 5) is 16.1. The van der Waals surface area contributed by atoms with Gasteiger partial charge in [0.2, 0.25) is 0 Å². The van der Waals surface area contributed by atoms with Crippen molar-refractivity contribution in [2.45, 2.75) is 39.2 Å². The quantitative estimate of drug-likeness (QED) is 0.504. The molecule has 2 aromatic carbocycles. The van der Waals surface area contributed by atoms with E-state index in [1.165, 1.54) is 11.3 Å². The number of amides is 2. The molecular weight excluding hydrogens is 360 g/mol. The lowest BCUT2D eigenvalue weighted by molar-refractivity contribution is 0.242. The molecule has 5 heteroatoms. The molecule has 0 aliphatic carbocycles. The molecule has 0 bridgehead atoms. The van der Waals surface area contributed by atoms with Gasteiger partial charge in [0.15, 0.2) is 0 Å². The van der Waals surface area contributed by atoms with Gasteiger partial charge in [-0.3, -0.25) is 0 Å². The van der Waals surface area contributed by atoms with E-state index in [4.69, 9.17) is 4.98 Å². The number of nitrogens with one attached hydrogen (secondary N) is 2. The van der Waals surface area contributed by atoms with Gasteiger partial charge in [-0.05, 0) is 19.8 Å². The van der Waals surface area contributed by atoms with Crippen LogP contribution in [-0.4, -0.2) is 29.2 Å². The number of aryl methyl sites for hydroxylation is 1. The summed E-state index contributed by atoms with van der Waals surface area (Å²) in [5.74, 6) is 1.05. The lowest BCUT2D eigenvalue weighted by atomic mass is 10.0. The van der Waals surface area contributed by atoms with Crippen LogP contribution in [0.1, 0.15) is 31.5 Å². The second-order valence-corrected chi connectivity index (χ2v) is 7.16. The standard InChI is InChI=1S/C24H30N4O/c1-19-27-22(20-13-7-5-8-14-20)23(21-15-9-6-10-16-21)28(19)18-12-4-3-11-17-26-24(29)25-2/h5-10,13-16H,3-4,11-12,17-18H2,1-2H3,(H2,25,26,29). The van der Waals surface area contributed by atoms with Crippen molar-refractivity contribution >= 4 is 6.03 Å². The molecule has 29 heavy (non-hydrogen) atoms. The number of hydrogen-bond donors (Lipinski definition) is 2. The van der Waals surface area contributed by atoms with Crippen molar-refractivity contribution < 1.29 is 4.79 Å². The van der Waals surface area contributed by atoms with Crippen molar-refractivity contribution in [2.75, 3.05) is 13.6 Å². The van der Waals surface area contributed by atoms with Gasteiger partial charge in [0.1, 0.15) is 5.82 Å². The van der Waals surface area contributed by atoms with E-state index in [0.29, 0.717) is 0 Å². The number of urea groups is 1. The van der Waals surface area contributed by atoms with Crippen LogP contribution < -0.4 is 10.6 Å². The Morgan fingerprint density at radius 1 is 0.897 bits per heavy atom. The van der Waals surface area contributed by atoms with Crippen LogP contribution in [0.5, 0.6) is 0 Å². The molecule has 0 saturated carbocycles. The number of nitrogens with zero attached hydrogens (tertiary/aromatic N) is 2. The van der Waals surface area contributed by atoms with Crippen molar-refractivity contribution in [3.63, 3.8) is 0 Å².